The normalized spacial score (nSPS) is 18.6. The summed E-state index contributed by atoms with van der Waals surface area (Å²) < 4.78 is 0. The van der Waals surface area contributed by atoms with Crippen LogP contribution >= 0.6 is 0 Å². The first-order valence-corrected chi connectivity index (χ1v) is 7.24. The highest BCUT2D eigenvalue weighted by molar-refractivity contribution is 6.14. The van der Waals surface area contributed by atoms with Gasteiger partial charge in [-0.05, 0) is 33.3 Å². The van der Waals surface area contributed by atoms with Gasteiger partial charge >= 0.3 is 0 Å². The van der Waals surface area contributed by atoms with Crippen LogP contribution in [0.4, 0.5) is 5.95 Å². The zero-order valence-corrected chi connectivity index (χ0v) is 12.7. The molecule has 0 radical (unpaired) electrons. The molecule has 2 rings (SSSR count). The van der Waals surface area contributed by atoms with Crippen molar-refractivity contribution in [2.75, 3.05) is 5.01 Å². The second-order valence-electron chi connectivity index (χ2n) is 5.39. The van der Waals surface area contributed by atoms with Gasteiger partial charge < -0.3 is 0 Å². The molecule has 1 aromatic rings. The molecule has 0 saturated heterocycles. The smallest absolute Gasteiger partial charge is 0.258 e. The number of aryl methyl sites for hydroxylation is 2. The molecule has 1 unspecified atom stereocenters. The number of aromatic nitrogens is 2. The van der Waals surface area contributed by atoms with Crippen molar-refractivity contribution in [3.63, 3.8) is 0 Å². The van der Waals surface area contributed by atoms with Crippen molar-refractivity contribution in [2.24, 2.45) is 11.0 Å². The summed E-state index contributed by atoms with van der Waals surface area (Å²) >= 11 is 0. The van der Waals surface area contributed by atoms with Crippen LogP contribution in [0, 0.1) is 19.8 Å². The van der Waals surface area contributed by atoms with Crippen LogP contribution in [-0.4, -0.2) is 21.6 Å². The van der Waals surface area contributed by atoms with E-state index in [0.717, 1.165) is 42.8 Å². The van der Waals surface area contributed by atoms with Gasteiger partial charge in [0.05, 0.1) is 5.92 Å². The largest absolute Gasteiger partial charge is 0.272 e. The maximum atomic E-state index is 12.5. The molecule has 2 heterocycles. The molecule has 0 aliphatic carbocycles. The average Bonchev–Trinajstić information content (AvgIpc) is 2.65. The predicted octanol–water partition coefficient (Wildman–Crippen LogP) is 3.01. The average molecular weight is 274 g/mol. The number of hydrogen-bond donors (Lipinski definition) is 0. The summed E-state index contributed by atoms with van der Waals surface area (Å²) in [6.45, 7) is 7.87. The summed E-state index contributed by atoms with van der Waals surface area (Å²) in [7, 11) is 0. The van der Waals surface area contributed by atoms with Crippen LogP contribution in [0.15, 0.2) is 11.2 Å². The van der Waals surface area contributed by atoms with Gasteiger partial charge in [-0.1, -0.05) is 26.2 Å². The Kier molecular flexibility index (Phi) is 4.47. The van der Waals surface area contributed by atoms with Crippen LogP contribution in [0.1, 0.15) is 50.9 Å². The maximum Gasteiger partial charge on any atom is 0.258 e. The third kappa shape index (κ3) is 3.03. The Hall–Kier alpha value is -1.78. The summed E-state index contributed by atoms with van der Waals surface area (Å²) in [5, 5.41) is 5.72. The third-order valence-electron chi connectivity index (χ3n) is 3.53. The van der Waals surface area contributed by atoms with Crippen molar-refractivity contribution in [1.82, 2.24) is 9.97 Å². The molecule has 0 fully saturated rings. The van der Waals surface area contributed by atoms with E-state index in [4.69, 9.17) is 0 Å². The first-order chi connectivity index (χ1) is 9.52. The van der Waals surface area contributed by atoms with Gasteiger partial charge in [-0.15, -0.1) is 0 Å². The van der Waals surface area contributed by atoms with E-state index >= 15 is 0 Å². The number of anilines is 1. The summed E-state index contributed by atoms with van der Waals surface area (Å²) in [5.74, 6) is 0.291. The Bertz CT molecular complexity index is 518. The van der Waals surface area contributed by atoms with Gasteiger partial charge in [0.2, 0.25) is 0 Å². The summed E-state index contributed by atoms with van der Waals surface area (Å²) in [6.07, 6.45) is 4.22. The number of carbonyl (C=O) groups is 1. The second-order valence-corrected chi connectivity index (χ2v) is 5.39. The fourth-order valence-electron chi connectivity index (χ4n) is 2.48. The van der Waals surface area contributed by atoms with Gasteiger partial charge in [0.25, 0.3) is 11.9 Å². The van der Waals surface area contributed by atoms with Crippen LogP contribution in [0.3, 0.4) is 0 Å². The lowest BCUT2D eigenvalue weighted by molar-refractivity contribution is -0.120. The van der Waals surface area contributed by atoms with E-state index in [1.807, 2.05) is 26.8 Å². The molecule has 0 saturated carbocycles. The molecule has 1 amide bonds. The Morgan fingerprint density at radius 2 is 1.80 bits per heavy atom. The first-order valence-electron chi connectivity index (χ1n) is 7.24. The summed E-state index contributed by atoms with van der Waals surface area (Å²) in [6, 6.07) is 1.89. The highest BCUT2D eigenvalue weighted by Crippen LogP contribution is 2.25. The van der Waals surface area contributed by atoms with Crippen molar-refractivity contribution in [3.8, 4) is 0 Å². The van der Waals surface area contributed by atoms with Gasteiger partial charge in [0.1, 0.15) is 0 Å². The first kappa shape index (κ1) is 14.6. The SMILES string of the molecule is CCCCCC1C(=O)N(c2nc(C)cc(C)n2)N=C1C. The molecule has 1 aromatic heterocycles. The molecule has 5 heteroatoms. The number of unbranched alkanes of at least 4 members (excludes halogenated alkanes) is 2. The van der Waals surface area contributed by atoms with Crippen LogP contribution in [0.2, 0.25) is 0 Å². The van der Waals surface area contributed by atoms with Crippen molar-refractivity contribution >= 4 is 17.6 Å². The van der Waals surface area contributed by atoms with Crippen LogP contribution < -0.4 is 5.01 Å². The van der Waals surface area contributed by atoms with E-state index in [9.17, 15) is 4.79 Å². The molecule has 1 aliphatic heterocycles. The number of carbonyl (C=O) groups excluding carboxylic acids is 1. The van der Waals surface area contributed by atoms with Gasteiger partial charge in [0.15, 0.2) is 0 Å². The fraction of sp³-hybridized carbons (Fsp3) is 0.600. The lowest BCUT2D eigenvalue weighted by atomic mass is 9.97. The molecular weight excluding hydrogens is 252 g/mol. The highest BCUT2D eigenvalue weighted by atomic mass is 16.2. The van der Waals surface area contributed by atoms with E-state index in [2.05, 4.69) is 22.0 Å². The van der Waals surface area contributed by atoms with Crippen molar-refractivity contribution in [1.29, 1.82) is 0 Å². The molecule has 1 aliphatic rings. The Morgan fingerprint density at radius 3 is 2.40 bits per heavy atom. The summed E-state index contributed by atoms with van der Waals surface area (Å²) in [4.78, 5) is 21.1. The quantitative estimate of drug-likeness (QED) is 0.775. The number of hydrazone groups is 1. The highest BCUT2D eigenvalue weighted by Gasteiger charge is 2.35. The number of nitrogens with zero attached hydrogens (tertiary/aromatic N) is 4. The van der Waals surface area contributed by atoms with E-state index in [1.54, 1.807) is 0 Å². The van der Waals surface area contributed by atoms with E-state index in [-0.39, 0.29) is 11.8 Å². The van der Waals surface area contributed by atoms with Gasteiger partial charge in [0, 0.05) is 17.1 Å². The molecule has 108 valence electrons. The standard InChI is InChI=1S/C15H22N4O/c1-5-6-7-8-13-12(4)18-19(14(13)20)15-16-10(2)9-11(3)17-15/h9,13H,5-8H2,1-4H3. The topological polar surface area (TPSA) is 58.5 Å². The van der Waals surface area contributed by atoms with Crippen LogP contribution in [0.5, 0.6) is 0 Å². The second kappa shape index (κ2) is 6.11. The zero-order valence-electron chi connectivity index (χ0n) is 12.7. The molecule has 0 aromatic carbocycles. The lowest BCUT2D eigenvalue weighted by Crippen LogP contribution is -2.28. The van der Waals surface area contributed by atoms with Crippen LogP contribution in [0.25, 0.3) is 0 Å². The summed E-state index contributed by atoms with van der Waals surface area (Å²) in [5.41, 5.74) is 2.57. The maximum absolute atomic E-state index is 12.5. The molecule has 0 N–H and O–H groups in total. The molecule has 20 heavy (non-hydrogen) atoms. The fourth-order valence-corrected chi connectivity index (χ4v) is 2.48. The van der Waals surface area contributed by atoms with E-state index in [1.165, 1.54) is 5.01 Å². The number of rotatable bonds is 5. The monoisotopic (exact) mass is 274 g/mol. The Balaban J connectivity index is 2.16. The number of amides is 1. The Morgan fingerprint density at radius 1 is 1.15 bits per heavy atom. The van der Waals surface area contributed by atoms with Crippen molar-refractivity contribution in [3.05, 3.63) is 17.5 Å². The molecule has 0 spiro atoms. The number of hydrogen-bond acceptors (Lipinski definition) is 4. The van der Waals surface area contributed by atoms with Crippen LogP contribution in [-0.2, 0) is 4.79 Å². The molecule has 0 bridgehead atoms. The third-order valence-corrected chi connectivity index (χ3v) is 3.53. The van der Waals surface area contributed by atoms with Crippen molar-refractivity contribution in [2.45, 2.75) is 53.4 Å². The molecule has 1 atom stereocenters. The van der Waals surface area contributed by atoms with Crippen molar-refractivity contribution < 1.29 is 4.79 Å². The minimum absolute atomic E-state index is 0.00334. The predicted molar refractivity (Wildman–Crippen MR) is 79.7 cm³/mol. The van der Waals surface area contributed by atoms with Gasteiger partial charge in [-0.2, -0.15) is 10.1 Å². The van der Waals surface area contributed by atoms with E-state index in [0.29, 0.717) is 5.95 Å². The zero-order chi connectivity index (χ0) is 14.7. The van der Waals surface area contributed by atoms with Gasteiger partial charge in [-0.25, -0.2) is 9.97 Å². The van der Waals surface area contributed by atoms with E-state index < -0.39 is 0 Å². The lowest BCUT2D eigenvalue weighted by Gasteiger charge is -2.13. The molecule has 5 nitrogen and oxygen atoms in total. The van der Waals surface area contributed by atoms with Gasteiger partial charge in [-0.3, -0.25) is 4.79 Å². The minimum atomic E-state index is -0.106. The Labute approximate surface area is 120 Å². The molecular formula is C15H22N4O. The minimum Gasteiger partial charge on any atom is -0.272 e.